The highest BCUT2D eigenvalue weighted by Gasteiger charge is 2.16. The molecule has 2 N–H and O–H groups in total. The number of sulfone groups is 1. The van der Waals surface area contributed by atoms with E-state index in [0.29, 0.717) is 37.4 Å². The van der Waals surface area contributed by atoms with Gasteiger partial charge in [0.2, 0.25) is 5.91 Å². The van der Waals surface area contributed by atoms with Gasteiger partial charge in [0, 0.05) is 37.4 Å². The van der Waals surface area contributed by atoms with Gasteiger partial charge in [0.25, 0.3) is 5.91 Å². The van der Waals surface area contributed by atoms with Crippen LogP contribution in [0.2, 0.25) is 0 Å². The van der Waals surface area contributed by atoms with Crippen molar-refractivity contribution >= 4 is 27.3 Å². The fraction of sp³-hybridized carbons (Fsp3) is 0.364. The number of benzene rings is 2. The van der Waals surface area contributed by atoms with Crippen LogP contribution in [0.3, 0.4) is 0 Å². The number of hydrogen-bond acceptors (Lipinski definition) is 5. The van der Waals surface area contributed by atoms with E-state index in [1.807, 2.05) is 13.8 Å². The van der Waals surface area contributed by atoms with Gasteiger partial charge in [-0.15, -0.1) is 0 Å². The Balaban J connectivity index is 1.87. The first-order valence-electron chi connectivity index (χ1n) is 9.87. The molecule has 0 radical (unpaired) electrons. The van der Waals surface area contributed by atoms with Crippen molar-refractivity contribution < 1.29 is 22.7 Å². The van der Waals surface area contributed by atoms with Gasteiger partial charge in [-0.25, -0.2) is 8.42 Å². The summed E-state index contributed by atoms with van der Waals surface area (Å²) in [5, 5.41) is 5.45. The standard InChI is InChI=1S/C22H28N2O5S/c1-3-29-14-5-13-23-22(26)18-6-4-7-19(16-18)24-21(25)12-15-30(27,28)20-10-8-17(2)9-11-20/h4,6-11,16H,3,5,12-15H2,1-2H3,(H,23,26)(H,24,25). The largest absolute Gasteiger partial charge is 0.382 e. The average molecular weight is 433 g/mol. The van der Waals surface area contributed by atoms with E-state index >= 15 is 0 Å². The Labute approximate surface area is 177 Å². The van der Waals surface area contributed by atoms with Crippen molar-refractivity contribution in [3.8, 4) is 0 Å². The van der Waals surface area contributed by atoms with E-state index in [9.17, 15) is 18.0 Å². The summed E-state index contributed by atoms with van der Waals surface area (Å²) in [5.74, 6) is -0.966. The predicted molar refractivity (Wildman–Crippen MR) is 116 cm³/mol. The van der Waals surface area contributed by atoms with Gasteiger partial charge in [-0.3, -0.25) is 9.59 Å². The number of rotatable bonds is 11. The summed E-state index contributed by atoms with van der Waals surface area (Å²) in [4.78, 5) is 24.6. The molecule has 0 aliphatic carbocycles. The maximum Gasteiger partial charge on any atom is 0.251 e. The Bertz CT molecular complexity index is 956. The topological polar surface area (TPSA) is 102 Å². The highest BCUT2D eigenvalue weighted by Crippen LogP contribution is 2.15. The molecule has 2 amide bonds. The molecule has 0 aliphatic heterocycles. The number of anilines is 1. The second kappa shape index (κ2) is 11.5. The SMILES string of the molecule is CCOCCCNC(=O)c1cccc(NC(=O)CCS(=O)(=O)c2ccc(C)cc2)c1. The maximum atomic E-state index is 12.4. The fourth-order valence-electron chi connectivity index (χ4n) is 2.67. The predicted octanol–water partition coefficient (Wildman–Crippen LogP) is 2.95. The maximum absolute atomic E-state index is 12.4. The molecular weight excluding hydrogens is 404 g/mol. The fourth-order valence-corrected chi connectivity index (χ4v) is 3.92. The molecule has 0 fully saturated rings. The quantitative estimate of drug-likeness (QED) is 0.532. The second-order valence-electron chi connectivity index (χ2n) is 6.82. The Hall–Kier alpha value is -2.71. The third kappa shape index (κ3) is 7.61. The molecule has 0 unspecified atom stereocenters. The summed E-state index contributed by atoms with van der Waals surface area (Å²) in [6.45, 7) is 5.50. The zero-order chi connectivity index (χ0) is 22.0. The molecule has 2 aromatic carbocycles. The molecule has 0 bridgehead atoms. The molecule has 30 heavy (non-hydrogen) atoms. The lowest BCUT2D eigenvalue weighted by atomic mass is 10.2. The monoisotopic (exact) mass is 432 g/mol. The molecule has 2 rings (SSSR count). The van der Waals surface area contributed by atoms with E-state index in [-0.39, 0.29) is 23.0 Å². The van der Waals surface area contributed by atoms with Gasteiger partial charge in [-0.2, -0.15) is 0 Å². The summed E-state index contributed by atoms with van der Waals surface area (Å²) in [6.07, 6.45) is 0.537. The summed E-state index contributed by atoms with van der Waals surface area (Å²) >= 11 is 0. The molecule has 0 atom stereocenters. The lowest BCUT2D eigenvalue weighted by Gasteiger charge is -2.09. The van der Waals surface area contributed by atoms with Crippen LogP contribution in [0.5, 0.6) is 0 Å². The van der Waals surface area contributed by atoms with Gasteiger partial charge in [0.05, 0.1) is 10.6 Å². The smallest absolute Gasteiger partial charge is 0.251 e. The van der Waals surface area contributed by atoms with Gasteiger partial charge >= 0.3 is 0 Å². The van der Waals surface area contributed by atoms with Crippen LogP contribution >= 0.6 is 0 Å². The van der Waals surface area contributed by atoms with Gasteiger partial charge in [0.15, 0.2) is 9.84 Å². The minimum absolute atomic E-state index is 0.177. The van der Waals surface area contributed by atoms with Crippen molar-refractivity contribution in [1.82, 2.24) is 5.32 Å². The molecule has 162 valence electrons. The number of nitrogens with one attached hydrogen (secondary N) is 2. The highest BCUT2D eigenvalue weighted by molar-refractivity contribution is 7.91. The van der Waals surface area contributed by atoms with E-state index < -0.39 is 15.7 Å². The zero-order valence-corrected chi connectivity index (χ0v) is 18.1. The third-order valence-corrected chi connectivity index (χ3v) is 6.07. The van der Waals surface area contributed by atoms with Crippen LogP contribution in [0.4, 0.5) is 5.69 Å². The van der Waals surface area contributed by atoms with Crippen LogP contribution < -0.4 is 10.6 Å². The Morgan fingerprint density at radius 1 is 1.07 bits per heavy atom. The lowest BCUT2D eigenvalue weighted by Crippen LogP contribution is -2.25. The number of carbonyl (C=O) groups is 2. The minimum atomic E-state index is -3.54. The van der Waals surface area contributed by atoms with Gasteiger partial charge in [-0.05, 0) is 50.6 Å². The summed E-state index contributed by atoms with van der Waals surface area (Å²) in [5.41, 5.74) is 1.82. The minimum Gasteiger partial charge on any atom is -0.382 e. The first kappa shape index (κ1) is 23.6. The number of amides is 2. The molecule has 2 aromatic rings. The molecule has 7 nitrogen and oxygen atoms in total. The first-order chi connectivity index (χ1) is 14.3. The van der Waals surface area contributed by atoms with Crippen molar-refractivity contribution in [2.24, 2.45) is 0 Å². The molecule has 0 saturated carbocycles. The van der Waals surface area contributed by atoms with Crippen LogP contribution in [0.15, 0.2) is 53.4 Å². The lowest BCUT2D eigenvalue weighted by molar-refractivity contribution is -0.115. The second-order valence-corrected chi connectivity index (χ2v) is 8.93. The Morgan fingerprint density at radius 2 is 1.80 bits per heavy atom. The molecule has 0 aliphatic rings. The van der Waals surface area contributed by atoms with Gasteiger partial charge in [-0.1, -0.05) is 23.8 Å². The molecule has 0 saturated heterocycles. The van der Waals surface area contributed by atoms with Crippen molar-refractivity contribution in [2.75, 3.05) is 30.8 Å². The van der Waals surface area contributed by atoms with Crippen LogP contribution in [-0.2, 0) is 19.4 Å². The van der Waals surface area contributed by atoms with Crippen LogP contribution in [0.1, 0.15) is 35.7 Å². The van der Waals surface area contributed by atoms with Crippen molar-refractivity contribution in [2.45, 2.75) is 31.6 Å². The van der Waals surface area contributed by atoms with E-state index in [4.69, 9.17) is 4.74 Å². The number of carbonyl (C=O) groups excluding carboxylic acids is 2. The van der Waals surface area contributed by atoms with E-state index in [0.717, 1.165) is 5.56 Å². The zero-order valence-electron chi connectivity index (χ0n) is 17.3. The average Bonchev–Trinajstić information content (AvgIpc) is 2.72. The van der Waals surface area contributed by atoms with Gasteiger partial charge in [0.1, 0.15) is 0 Å². The summed E-state index contributed by atoms with van der Waals surface area (Å²) < 4.78 is 30.0. The van der Waals surface area contributed by atoms with Crippen LogP contribution in [-0.4, -0.2) is 45.7 Å². The normalized spacial score (nSPS) is 11.1. The van der Waals surface area contributed by atoms with Crippen molar-refractivity contribution in [3.63, 3.8) is 0 Å². The highest BCUT2D eigenvalue weighted by atomic mass is 32.2. The number of ether oxygens (including phenoxy) is 1. The van der Waals surface area contributed by atoms with Crippen LogP contribution in [0, 0.1) is 6.92 Å². The molecular formula is C22H28N2O5S. The molecule has 8 heteroatoms. The molecule has 0 spiro atoms. The molecule has 0 aromatic heterocycles. The van der Waals surface area contributed by atoms with Crippen LogP contribution in [0.25, 0.3) is 0 Å². The van der Waals surface area contributed by atoms with Crippen molar-refractivity contribution in [1.29, 1.82) is 0 Å². The number of hydrogen-bond donors (Lipinski definition) is 2. The summed E-state index contributed by atoms with van der Waals surface area (Å²) in [6, 6.07) is 13.0. The van der Waals surface area contributed by atoms with E-state index in [2.05, 4.69) is 10.6 Å². The van der Waals surface area contributed by atoms with Gasteiger partial charge < -0.3 is 15.4 Å². The van der Waals surface area contributed by atoms with E-state index in [1.165, 1.54) is 0 Å². The third-order valence-electron chi connectivity index (χ3n) is 4.34. The first-order valence-corrected chi connectivity index (χ1v) is 11.5. The Kier molecular flexibility index (Phi) is 9.01. The summed E-state index contributed by atoms with van der Waals surface area (Å²) in [7, 11) is -3.54. The number of aryl methyl sites for hydroxylation is 1. The Morgan fingerprint density at radius 3 is 2.50 bits per heavy atom. The van der Waals surface area contributed by atoms with Crippen molar-refractivity contribution in [3.05, 3.63) is 59.7 Å². The molecule has 0 heterocycles. The van der Waals surface area contributed by atoms with E-state index in [1.54, 1.807) is 48.5 Å².